The van der Waals surface area contributed by atoms with Gasteiger partial charge in [0, 0.05) is 35.4 Å². The second kappa shape index (κ2) is 6.30. The maximum atomic E-state index is 11.4. The number of anilines is 1. The van der Waals surface area contributed by atoms with E-state index in [0.29, 0.717) is 22.7 Å². The Balaban J connectivity index is 2.04. The molecule has 0 radical (unpaired) electrons. The summed E-state index contributed by atoms with van der Waals surface area (Å²) in [7, 11) is 1.59. The Morgan fingerprint density at radius 2 is 1.90 bits per heavy atom. The molecule has 2 rings (SSSR count). The number of aromatic hydroxyl groups is 1. The Kier molecular flexibility index (Phi) is 4.48. The van der Waals surface area contributed by atoms with E-state index in [9.17, 15) is 9.90 Å². The first-order valence-corrected chi connectivity index (χ1v) is 6.51. The number of carbonyl (C=O) groups is 1. The van der Waals surface area contributed by atoms with Crippen LogP contribution >= 0.6 is 11.6 Å². The molecule has 1 amide bonds. The standard InChI is InChI=1S/C15H15ClN2O2/c1-17-15(20)10-2-5-13(6-3-10)18-9-11-8-12(16)4-7-14(11)19/h2-8,18-19H,9H2,1H3,(H,17,20). The normalized spacial score (nSPS) is 10.1. The fraction of sp³-hybridized carbons (Fsp3) is 0.133. The van der Waals surface area contributed by atoms with E-state index in [1.807, 2.05) is 12.1 Å². The summed E-state index contributed by atoms with van der Waals surface area (Å²) in [6.07, 6.45) is 0. The Morgan fingerprint density at radius 1 is 1.20 bits per heavy atom. The third-order valence-electron chi connectivity index (χ3n) is 2.90. The number of phenols is 1. The van der Waals surface area contributed by atoms with Crippen molar-refractivity contribution in [3.8, 4) is 5.75 Å². The van der Waals surface area contributed by atoms with Crippen LogP contribution in [-0.2, 0) is 6.54 Å². The van der Waals surface area contributed by atoms with Crippen LogP contribution in [0.4, 0.5) is 5.69 Å². The molecule has 0 aliphatic heterocycles. The maximum absolute atomic E-state index is 11.4. The Bertz CT molecular complexity index is 612. The van der Waals surface area contributed by atoms with Crippen LogP contribution in [0.3, 0.4) is 0 Å². The zero-order chi connectivity index (χ0) is 14.5. The quantitative estimate of drug-likeness (QED) is 0.811. The average Bonchev–Trinajstić information content (AvgIpc) is 2.48. The molecule has 20 heavy (non-hydrogen) atoms. The fourth-order valence-electron chi connectivity index (χ4n) is 1.78. The number of amides is 1. The highest BCUT2D eigenvalue weighted by molar-refractivity contribution is 6.30. The molecule has 0 unspecified atom stereocenters. The lowest BCUT2D eigenvalue weighted by molar-refractivity contribution is 0.0963. The van der Waals surface area contributed by atoms with Crippen LogP contribution in [0.5, 0.6) is 5.75 Å². The summed E-state index contributed by atoms with van der Waals surface area (Å²) in [4.78, 5) is 11.4. The van der Waals surface area contributed by atoms with Crippen LogP contribution in [0.15, 0.2) is 42.5 Å². The number of hydrogen-bond acceptors (Lipinski definition) is 3. The predicted molar refractivity (Wildman–Crippen MR) is 80.3 cm³/mol. The minimum absolute atomic E-state index is 0.121. The second-order valence-corrected chi connectivity index (χ2v) is 4.72. The van der Waals surface area contributed by atoms with Crippen molar-refractivity contribution in [2.24, 2.45) is 0 Å². The highest BCUT2D eigenvalue weighted by atomic mass is 35.5. The van der Waals surface area contributed by atoms with Gasteiger partial charge in [0.25, 0.3) is 5.91 Å². The maximum Gasteiger partial charge on any atom is 0.251 e. The van der Waals surface area contributed by atoms with Crippen LogP contribution in [0.1, 0.15) is 15.9 Å². The summed E-state index contributed by atoms with van der Waals surface area (Å²) in [6, 6.07) is 12.0. The Hall–Kier alpha value is -2.20. The van der Waals surface area contributed by atoms with E-state index >= 15 is 0 Å². The Morgan fingerprint density at radius 3 is 2.55 bits per heavy atom. The van der Waals surface area contributed by atoms with E-state index in [4.69, 9.17) is 11.6 Å². The van der Waals surface area contributed by atoms with Gasteiger partial charge in [0.2, 0.25) is 0 Å². The van der Waals surface area contributed by atoms with Gasteiger partial charge in [0.05, 0.1) is 0 Å². The highest BCUT2D eigenvalue weighted by Gasteiger charge is 2.04. The molecule has 0 saturated carbocycles. The fourth-order valence-corrected chi connectivity index (χ4v) is 1.97. The summed E-state index contributed by atoms with van der Waals surface area (Å²) >= 11 is 5.89. The van der Waals surface area contributed by atoms with Crippen molar-refractivity contribution in [1.29, 1.82) is 0 Å². The van der Waals surface area contributed by atoms with E-state index in [-0.39, 0.29) is 11.7 Å². The monoisotopic (exact) mass is 290 g/mol. The first-order valence-electron chi connectivity index (χ1n) is 6.13. The average molecular weight is 291 g/mol. The molecular formula is C15H15ClN2O2. The summed E-state index contributed by atoms with van der Waals surface area (Å²) in [6.45, 7) is 0.450. The number of phenolic OH excluding ortho intramolecular Hbond substituents is 1. The molecule has 0 aliphatic rings. The predicted octanol–water partition coefficient (Wildman–Crippen LogP) is 3.02. The van der Waals surface area contributed by atoms with Gasteiger partial charge in [0.1, 0.15) is 5.75 Å². The minimum atomic E-state index is -0.121. The number of rotatable bonds is 4. The van der Waals surface area contributed by atoms with Crippen molar-refractivity contribution in [1.82, 2.24) is 5.32 Å². The van der Waals surface area contributed by atoms with E-state index in [1.54, 1.807) is 37.4 Å². The SMILES string of the molecule is CNC(=O)c1ccc(NCc2cc(Cl)ccc2O)cc1. The second-order valence-electron chi connectivity index (χ2n) is 4.28. The molecule has 0 atom stereocenters. The largest absolute Gasteiger partial charge is 0.508 e. The van der Waals surface area contributed by atoms with Gasteiger partial charge in [-0.3, -0.25) is 4.79 Å². The van der Waals surface area contributed by atoms with Gasteiger partial charge in [-0.25, -0.2) is 0 Å². The molecule has 0 saturated heterocycles. The molecule has 3 N–H and O–H groups in total. The van der Waals surface area contributed by atoms with Gasteiger partial charge in [-0.15, -0.1) is 0 Å². The number of halogens is 1. The molecule has 0 fully saturated rings. The molecule has 0 spiro atoms. The lowest BCUT2D eigenvalue weighted by Crippen LogP contribution is -2.17. The zero-order valence-electron chi connectivity index (χ0n) is 11.0. The van der Waals surface area contributed by atoms with E-state index in [0.717, 1.165) is 5.69 Å². The molecule has 5 heteroatoms. The summed E-state index contributed by atoms with van der Waals surface area (Å²) < 4.78 is 0. The number of hydrogen-bond donors (Lipinski definition) is 3. The van der Waals surface area contributed by atoms with Crippen molar-refractivity contribution < 1.29 is 9.90 Å². The molecule has 104 valence electrons. The first kappa shape index (κ1) is 14.2. The van der Waals surface area contributed by atoms with Crippen LogP contribution in [-0.4, -0.2) is 18.1 Å². The van der Waals surface area contributed by atoms with Gasteiger partial charge >= 0.3 is 0 Å². The zero-order valence-corrected chi connectivity index (χ0v) is 11.7. The van der Waals surface area contributed by atoms with Gasteiger partial charge in [-0.2, -0.15) is 0 Å². The van der Waals surface area contributed by atoms with Crippen molar-refractivity contribution in [2.45, 2.75) is 6.54 Å². The molecule has 0 aromatic heterocycles. The lowest BCUT2D eigenvalue weighted by atomic mass is 10.1. The smallest absolute Gasteiger partial charge is 0.251 e. The van der Waals surface area contributed by atoms with E-state index in [2.05, 4.69) is 10.6 Å². The van der Waals surface area contributed by atoms with Crippen LogP contribution < -0.4 is 10.6 Å². The molecular weight excluding hydrogens is 276 g/mol. The minimum Gasteiger partial charge on any atom is -0.508 e. The van der Waals surface area contributed by atoms with E-state index in [1.165, 1.54) is 0 Å². The van der Waals surface area contributed by atoms with Crippen molar-refractivity contribution in [3.63, 3.8) is 0 Å². The molecule has 2 aromatic carbocycles. The molecule has 0 heterocycles. The molecule has 4 nitrogen and oxygen atoms in total. The summed E-state index contributed by atoms with van der Waals surface area (Å²) in [5.74, 6) is 0.0768. The summed E-state index contributed by atoms with van der Waals surface area (Å²) in [5, 5.41) is 16.0. The van der Waals surface area contributed by atoms with E-state index < -0.39 is 0 Å². The Labute approximate surface area is 122 Å². The lowest BCUT2D eigenvalue weighted by Gasteiger charge is -2.09. The van der Waals surface area contributed by atoms with Crippen LogP contribution in [0, 0.1) is 0 Å². The van der Waals surface area contributed by atoms with Crippen LogP contribution in [0.25, 0.3) is 0 Å². The number of nitrogens with one attached hydrogen (secondary N) is 2. The molecule has 0 aliphatic carbocycles. The molecule has 2 aromatic rings. The van der Waals surface area contributed by atoms with Crippen LogP contribution in [0.2, 0.25) is 5.02 Å². The number of carbonyl (C=O) groups excluding carboxylic acids is 1. The topological polar surface area (TPSA) is 61.4 Å². The van der Waals surface area contributed by atoms with Crippen molar-refractivity contribution >= 4 is 23.2 Å². The number of benzene rings is 2. The van der Waals surface area contributed by atoms with Gasteiger partial charge in [-0.05, 0) is 42.5 Å². The third-order valence-corrected chi connectivity index (χ3v) is 3.13. The van der Waals surface area contributed by atoms with Gasteiger partial charge < -0.3 is 15.7 Å². The first-order chi connectivity index (χ1) is 9.60. The van der Waals surface area contributed by atoms with Crippen molar-refractivity contribution in [3.05, 3.63) is 58.6 Å². The highest BCUT2D eigenvalue weighted by Crippen LogP contribution is 2.22. The van der Waals surface area contributed by atoms with Crippen molar-refractivity contribution in [2.75, 3.05) is 12.4 Å². The summed E-state index contributed by atoms with van der Waals surface area (Å²) in [5.41, 5.74) is 2.17. The molecule has 0 bridgehead atoms. The third kappa shape index (κ3) is 3.42. The van der Waals surface area contributed by atoms with Gasteiger partial charge in [0.15, 0.2) is 0 Å². The van der Waals surface area contributed by atoms with Gasteiger partial charge in [-0.1, -0.05) is 11.6 Å².